The van der Waals surface area contributed by atoms with Crippen LogP contribution in [0.25, 0.3) is 11.1 Å². The van der Waals surface area contributed by atoms with E-state index in [4.69, 9.17) is 4.74 Å². The lowest BCUT2D eigenvalue weighted by molar-refractivity contribution is 0.0553. The summed E-state index contributed by atoms with van der Waals surface area (Å²) >= 11 is 0. The number of aldehydes is 1. The van der Waals surface area contributed by atoms with Crippen LogP contribution in [0, 0.1) is 6.92 Å². The topological polar surface area (TPSA) is 46.5 Å². The van der Waals surface area contributed by atoms with Crippen molar-refractivity contribution in [2.24, 2.45) is 0 Å². The zero-order valence-corrected chi connectivity index (χ0v) is 13.3. The molecular weight excluding hydrogens is 276 g/mol. The van der Waals surface area contributed by atoms with Crippen LogP contribution >= 0.6 is 0 Å². The Morgan fingerprint density at radius 1 is 1.18 bits per heavy atom. The van der Waals surface area contributed by atoms with E-state index < -0.39 is 5.60 Å². The lowest BCUT2D eigenvalue weighted by atomic mass is 9.99. The fourth-order valence-corrected chi connectivity index (χ4v) is 2.25. The zero-order chi connectivity index (χ0) is 16.2. The number of ether oxygens (including phenoxy) is 1. The number of aryl methyl sites for hydroxylation is 1. The van der Waals surface area contributed by atoms with Gasteiger partial charge in [0, 0.05) is 12.0 Å². The Hall–Kier alpha value is -2.13. The van der Waals surface area contributed by atoms with E-state index in [1.807, 2.05) is 43.3 Å². The van der Waals surface area contributed by atoms with Gasteiger partial charge in [0.05, 0.1) is 12.2 Å². The number of hydrogen-bond donors (Lipinski definition) is 1. The van der Waals surface area contributed by atoms with E-state index in [1.165, 1.54) is 0 Å². The van der Waals surface area contributed by atoms with Gasteiger partial charge in [-0.05, 0) is 55.7 Å². The molecule has 0 heterocycles. The van der Waals surface area contributed by atoms with Crippen LogP contribution in [0.5, 0.6) is 5.75 Å². The molecule has 22 heavy (non-hydrogen) atoms. The number of carbonyl (C=O) groups is 1. The molecule has 0 aliphatic carbocycles. The molecule has 0 aliphatic heterocycles. The van der Waals surface area contributed by atoms with Gasteiger partial charge in [0.2, 0.25) is 0 Å². The second kappa shape index (κ2) is 6.75. The first-order valence-electron chi connectivity index (χ1n) is 7.40. The molecule has 0 unspecified atom stereocenters. The number of carbonyl (C=O) groups excluding carboxylic acids is 1. The van der Waals surface area contributed by atoms with Crippen LogP contribution in [-0.4, -0.2) is 23.6 Å². The molecule has 116 valence electrons. The first kappa shape index (κ1) is 16.2. The minimum atomic E-state index is -0.718. The third-order valence-electron chi connectivity index (χ3n) is 3.51. The van der Waals surface area contributed by atoms with E-state index >= 15 is 0 Å². The van der Waals surface area contributed by atoms with Gasteiger partial charge in [-0.25, -0.2) is 0 Å². The van der Waals surface area contributed by atoms with Crippen LogP contribution in [0.1, 0.15) is 36.2 Å². The lowest BCUT2D eigenvalue weighted by Gasteiger charge is -2.17. The summed E-state index contributed by atoms with van der Waals surface area (Å²) in [5.41, 5.74) is 3.14. The Morgan fingerprint density at radius 3 is 2.59 bits per heavy atom. The molecule has 2 aromatic rings. The molecule has 0 fully saturated rings. The Balaban J connectivity index is 2.14. The molecule has 0 aliphatic rings. The van der Waals surface area contributed by atoms with Crippen molar-refractivity contribution < 1.29 is 14.6 Å². The molecule has 3 nitrogen and oxygen atoms in total. The first-order chi connectivity index (χ1) is 10.4. The third kappa shape index (κ3) is 4.43. The molecule has 1 N–H and O–H groups in total. The molecule has 0 saturated heterocycles. The predicted octanol–water partition coefficient (Wildman–Crippen LogP) is 4.01. The fraction of sp³-hybridized carbons (Fsp3) is 0.316. The summed E-state index contributed by atoms with van der Waals surface area (Å²) < 4.78 is 5.68. The predicted molar refractivity (Wildman–Crippen MR) is 88.4 cm³/mol. The number of rotatable bonds is 6. The summed E-state index contributed by atoms with van der Waals surface area (Å²) in [6, 6.07) is 13.4. The van der Waals surface area contributed by atoms with Crippen molar-refractivity contribution >= 4 is 6.29 Å². The van der Waals surface area contributed by atoms with Crippen molar-refractivity contribution in [3.05, 3.63) is 53.6 Å². The van der Waals surface area contributed by atoms with Gasteiger partial charge < -0.3 is 9.84 Å². The average Bonchev–Trinajstić information content (AvgIpc) is 2.46. The van der Waals surface area contributed by atoms with Crippen LogP contribution in [0.2, 0.25) is 0 Å². The highest BCUT2D eigenvalue weighted by atomic mass is 16.5. The normalized spacial score (nSPS) is 11.3. The van der Waals surface area contributed by atoms with E-state index in [0.717, 1.165) is 28.7 Å². The maximum Gasteiger partial charge on any atom is 0.150 e. The Bertz CT molecular complexity index is 654. The Morgan fingerprint density at radius 2 is 1.95 bits per heavy atom. The summed E-state index contributed by atoms with van der Waals surface area (Å²) in [6.45, 7) is 6.03. The molecule has 0 aromatic heterocycles. The van der Waals surface area contributed by atoms with Crippen LogP contribution in [-0.2, 0) is 0 Å². The van der Waals surface area contributed by atoms with E-state index in [-0.39, 0.29) is 0 Å². The maximum absolute atomic E-state index is 10.9. The van der Waals surface area contributed by atoms with Crippen molar-refractivity contribution in [2.75, 3.05) is 6.61 Å². The van der Waals surface area contributed by atoms with Crippen molar-refractivity contribution in [1.29, 1.82) is 0 Å². The highest BCUT2D eigenvalue weighted by Gasteiger charge is 2.12. The van der Waals surface area contributed by atoms with Crippen molar-refractivity contribution in [1.82, 2.24) is 0 Å². The fourth-order valence-electron chi connectivity index (χ4n) is 2.25. The van der Waals surface area contributed by atoms with E-state index in [1.54, 1.807) is 19.9 Å². The molecule has 0 saturated carbocycles. The highest BCUT2D eigenvalue weighted by Crippen LogP contribution is 2.27. The minimum absolute atomic E-state index is 0.475. The second-order valence-corrected chi connectivity index (χ2v) is 6.13. The molecular formula is C19H22O3. The quantitative estimate of drug-likeness (QED) is 0.819. The third-order valence-corrected chi connectivity index (χ3v) is 3.51. The van der Waals surface area contributed by atoms with Crippen molar-refractivity contribution in [3.8, 4) is 16.9 Å². The zero-order valence-electron chi connectivity index (χ0n) is 13.3. The summed E-state index contributed by atoms with van der Waals surface area (Å²) in [5.74, 6) is 0.789. The molecule has 0 radical (unpaired) electrons. The molecule has 2 rings (SSSR count). The van der Waals surface area contributed by atoms with Gasteiger partial charge in [0.25, 0.3) is 0 Å². The van der Waals surface area contributed by atoms with Crippen LogP contribution in [0.4, 0.5) is 0 Å². The number of aliphatic hydroxyl groups is 1. The smallest absolute Gasteiger partial charge is 0.150 e. The van der Waals surface area contributed by atoms with Gasteiger partial charge in [-0.15, -0.1) is 0 Å². The largest absolute Gasteiger partial charge is 0.493 e. The van der Waals surface area contributed by atoms with E-state index in [9.17, 15) is 9.90 Å². The van der Waals surface area contributed by atoms with Gasteiger partial charge in [0.1, 0.15) is 12.0 Å². The monoisotopic (exact) mass is 298 g/mol. The van der Waals surface area contributed by atoms with Gasteiger partial charge >= 0.3 is 0 Å². The molecule has 0 atom stereocenters. The summed E-state index contributed by atoms with van der Waals surface area (Å²) in [5, 5.41) is 9.68. The second-order valence-electron chi connectivity index (χ2n) is 6.13. The van der Waals surface area contributed by atoms with Crippen molar-refractivity contribution in [3.63, 3.8) is 0 Å². The standard InChI is InChI=1S/C19H22O3/c1-14-11-17(22-10-9-19(2,3)21)7-8-18(14)16-6-4-5-15(12-16)13-20/h4-8,11-13,21H,9-10H2,1-3H3. The Kier molecular flexibility index (Phi) is 4.99. The van der Waals surface area contributed by atoms with Crippen LogP contribution in [0.3, 0.4) is 0 Å². The minimum Gasteiger partial charge on any atom is -0.493 e. The molecule has 2 aromatic carbocycles. The molecule has 0 spiro atoms. The van der Waals surface area contributed by atoms with Gasteiger partial charge in [-0.1, -0.05) is 24.3 Å². The SMILES string of the molecule is Cc1cc(OCCC(C)(C)O)ccc1-c1cccc(C=O)c1. The van der Waals surface area contributed by atoms with E-state index in [2.05, 4.69) is 0 Å². The van der Waals surface area contributed by atoms with Crippen LogP contribution in [0.15, 0.2) is 42.5 Å². The molecule has 0 amide bonds. The molecule has 0 bridgehead atoms. The van der Waals surface area contributed by atoms with Crippen molar-refractivity contribution in [2.45, 2.75) is 32.8 Å². The van der Waals surface area contributed by atoms with Gasteiger partial charge in [0.15, 0.2) is 0 Å². The maximum atomic E-state index is 10.9. The van der Waals surface area contributed by atoms with E-state index in [0.29, 0.717) is 18.6 Å². The highest BCUT2D eigenvalue weighted by molar-refractivity contribution is 5.79. The lowest BCUT2D eigenvalue weighted by Crippen LogP contribution is -2.21. The average molecular weight is 298 g/mol. The van der Waals surface area contributed by atoms with Gasteiger partial charge in [-0.2, -0.15) is 0 Å². The number of benzene rings is 2. The first-order valence-corrected chi connectivity index (χ1v) is 7.40. The summed E-state index contributed by atoms with van der Waals surface area (Å²) in [4.78, 5) is 10.9. The van der Waals surface area contributed by atoms with Gasteiger partial charge in [-0.3, -0.25) is 4.79 Å². The Labute approximate surface area is 131 Å². The summed E-state index contributed by atoms with van der Waals surface area (Å²) in [6.07, 6.45) is 1.43. The summed E-state index contributed by atoms with van der Waals surface area (Å²) in [7, 11) is 0. The number of hydrogen-bond acceptors (Lipinski definition) is 3. The molecule has 3 heteroatoms. The van der Waals surface area contributed by atoms with Crippen LogP contribution < -0.4 is 4.74 Å².